The van der Waals surface area contributed by atoms with Crippen LogP contribution in [-0.4, -0.2) is 58.4 Å². The van der Waals surface area contributed by atoms with Gasteiger partial charge in [0.25, 0.3) is 5.91 Å². The number of hydrogen-bond donors (Lipinski definition) is 1. The first-order chi connectivity index (χ1) is 13.7. The second-order valence-electron chi connectivity index (χ2n) is 6.71. The van der Waals surface area contributed by atoms with E-state index in [1.54, 1.807) is 23.1 Å². The van der Waals surface area contributed by atoms with Gasteiger partial charge in [0.2, 0.25) is 0 Å². The van der Waals surface area contributed by atoms with Gasteiger partial charge in [-0.2, -0.15) is 5.10 Å². The maximum atomic E-state index is 12.6. The quantitative estimate of drug-likeness (QED) is 0.703. The maximum Gasteiger partial charge on any atom is 0.251 e. The standard InChI is InChI=1S/C20H23N5O3/c1-15-2-7-19(28-15)18(24-8-10-27-11-9-24)12-22-20(26)16-3-5-17(6-4-16)25-14-21-13-23-25/h2-7,13-14,18H,8-12H2,1H3,(H,22,26). The predicted molar refractivity (Wildman–Crippen MR) is 102 cm³/mol. The molecular formula is C20H23N5O3. The van der Waals surface area contributed by atoms with Crippen LogP contribution >= 0.6 is 0 Å². The number of amides is 1. The van der Waals surface area contributed by atoms with Crippen LogP contribution in [0.2, 0.25) is 0 Å². The highest BCUT2D eigenvalue weighted by Gasteiger charge is 2.25. The summed E-state index contributed by atoms with van der Waals surface area (Å²) in [6.07, 6.45) is 3.09. The number of nitrogens with zero attached hydrogens (tertiary/aromatic N) is 4. The van der Waals surface area contributed by atoms with Crippen LogP contribution < -0.4 is 5.32 Å². The van der Waals surface area contributed by atoms with Gasteiger partial charge in [0.15, 0.2) is 0 Å². The number of hydrogen-bond acceptors (Lipinski definition) is 6. The summed E-state index contributed by atoms with van der Waals surface area (Å²) in [5, 5.41) is 7.13. The number of carbonyl (C=O) groups is 1. The molecule has 1 fully saturated rings. The molecule has 0 radical (unpaired) electrons. The number of morpholine rings is 1. The lowest BCUT2D eigenvalue weighted by Crippen LogP contribution is -2.43. The molecule has 1 amide bonds. The first-order valence-corrected chi connectivity index (χ1v) is 9.32. The number of nitrogens with one attached hydrogen (secondary N) is 1. The van der Waals surface area contributed by atoms with Gasteiger partial charge in [-0.3, -0.25) is 9.69 Å². The fourth-order valence-corrected chi connectivity index (χ4v) is 3.33. The lowest BCUT2D eigenvalue weighted by atomic mass is 10.1. The van der Waals surface area contributed by atoms with Gasteiger partial charge in [0.05, 0.1) is 24.9 Å². The van der Waals surface area contributed by atoms with Gasteiger partial charge in [-0.25, -0.2) is 9.67 Å². The van der Waals surface area contributed by atoms with Crippen molar-refractivity contribution in [2.24, 2.45) is 0 Å². The van der Waals surface area contributed by atoms with E-state index in [4.69, 9.17) is 9.15 Å². The second kappa shape index (κ2) is 8.37. The molecule has 0 aliphatic carbocycles. The number of ether oxygens (including phenoxy) is 1. The predicted octanol–water partition coefficient (Wildman–Crippen LogP) is 1.97. The molecule has 0 bridgehead atoms. The van der Waals surface area contributed by atoms with E-state index in [1.807, 2.05) is 31.2 Å². The van der Waals surface area contributed by atoms with Gasteiger partial charge < -0.3 is 14.5 Å². The molecule has 0 saturated carbocycles. The van der Waals surface area contributed by atoms with Crippen molar-refractivity contribution in [1.82, 2.24) is 25.0 Å². The highest BCUT2D eigenvalue weighted by molar-refractivity contribution is 5.94. The number of aryl methyl sites for hydroxylation is 1. The van der Waals surface area contributed by atoms with Crippen LogP contribution in [0.4, 0.5) is 0 Å². The highest BCUT2D eigenvalue weighted by Crippen LogP contribution is 2.23. The molecule has 1 N–H and O–H groups in total. The Morgan fingerprint density at radius 2 is 1.96 bits per heavy atom. The molecule has 2 aromatic heterocycles. The SMILES string of the molecule is Cc1ccc(C(CNC(=O)c2ccc(-n3cncn3)cc2)N2CCOCC2)o1. The lowest BCUT2D eigenvalue weighted by molar-refractivity contribution is 0.0117. The van der Waals surface area contributed by atoms with Gasteiger partial charge in [-0.15, -0.1) is 0 Å². The number of benzene rings is 1. The monoisotopic (exact) mass is 381 g/mol. The molecule has 1 unspecified atom stereocenters. The third-order valence-electron chi connectivity index (χ3n) is 4.84. The minimum atomic E-state index is -0.119. The third-order valence-corrected chi connectivity index (χ3v) is 4.84. The zero-order chi connectivity index (χ0) is 19.3. The molecule has 0 spiro atoms. The molecule has 4 rings (SSSR count). The molecule has 8 nitrogen and oxygen atoms in total. The second-order valence-corrected chi connectivity index (χ2v) is 6.71. The van der Waals surface area contributed by atoms with E-state index in [0.29, 0.717) is 25.3 Å². The van der Waals surface area contributed by atoms with Gasteiger partial charge in [-0.05, 0) is 43.3 Å². The van der Waals surface area contributed by atoms with E-state index >= 15 is 0 Å². The molecule has 1 aliphatic heterocycles. The summed E-state index contributed by atoms with van der Waals surface area (Å²) in [4.78, 5) is 18.9. The van der Waals surface area contributed by atoms with Crippen molar-refractivity contribution in [2.45, 2.75) is 13.0 Å². The summed E-state index contributed by atoms with van der Waals surface area (Å²) in [6, 6.07) is 11.2. The Labute approximate surface area is 163 Å². The van der Waals surface area contributed by atoms with Crippen LogP contribution in [0.25, 0.3) is 5.69 Å². The number of carbonyl (C=O) groups excluding carboxylic acids is 1. The summed E-state index contributed by atoms with van der Waals surface area (Å²) in [6.45, 7) is 5.40. The fraction of sp³-hybridized carbons (Fsp3) is 0.350. The van der Waals surface area contributed by atoms with E-state index in [1.165, 1.54) is 6.33 Å². The zero-order valence-electron chi connectivity index (χ0n) is 15.7. The Kier molecular flexibility index (Phi) is 5.50. The summed E-state index contributed by atoms with van der Waals surface area (Å²) in [7, 11) is 0. The van der Waals surface area contributed by atoms with Gasteiger partial charge in [-0.1, -0.05) is 0 Å². The summed E-state index contributed by atoms with van der Waals surface area (Å²) in [5.41, 5.74) is 1.45. The zero-order valence-corrected chi connectivity index (χ0v) is 15.7. The minimum absolute atomic E-state index is 0.0176. The number of furan rings is 1. The van der Waals surface area contributed by atoms with Crippen LogP contribution in [0.15, 0.2) is 53.5 Å². The molecule has 3 aromatic rings. The molecule has 1 atom stereocenters. The van der Waals surface area contributed by atoms with Gasteiger partial charge in [0.1, 0.15) is 24.2 Å². The van der Waals surface area contributed by atoms with Gasteiger partial charge >= 0.3 is 0 Å². The molecule has 8 heteroatoms. The molecule has 3 heterocycles. The van der Waals surface area contributed by atoms with Crippen molar-refractivity contribution < 1.29 is 13.9 Å². The molecule has 1 aromatic carbocycles. The van der Waals surface area contributed by atoms with Crippen LogP contribution in [0.1, 0.15) is 27.9 Å². The Hall–Kier alpha value is -2.97. The van der Waals surface area contributed by atoms with E-state index in [0.717, 1.165) is 30.3 Å². The molecule has 28 heavy (non-hydrogen) atoms. The summed E-state index contributed by atoms with van der Waals surface area (Å²) in [5.74, 6) is 1.61. The summed E-state index contributed by atoms with van der Waals surface area (Å²) >= 11 is 0. The molecule has 1 aliphatic rings. The molecule has 1 saturated heterocycles. The van der Waals surface area contributed by atoms with Crippen molar-refractivity contribution in [3.63, 3.8) is 0 Å². The van der Waals surface area contributed by atoms with Crippen molar-refractivity contribution in [2.75, 3.05) is 32.8 Å². The third kappa shape index (κ3) is 4.13. The first-order valence-electron chi connectivity index (χ1n) is 9.32. The average molecular weight is 381 g/mol. The van der Waals surface area contributed by atoms with E-state index in [-0.39, 0.29) is 11.9 Å². The van der Waals surface area contributed by atoms with E-state index in [9.17, 15) is 4.79 Å². The topological polar surface area (TPSA) is 85.4 Å². The fourth-order valence-electron chi connectivity index (χ4n) is 3.33. The Bertz CT molecular complexity index is 898. The molecule has 146 valence electrons. The van der Waals surface area contributed by atoms with Crippen LogP contribution in [0, 0.1) is 6.92 Å². The Morgan fingerprint density at radius 1 is 1.18 bits per heavy atom. The van der Waals surface area contributed by atoms with Crippen molar-refractivity contribution >= 4 is 5.91 Å². The van der Waals surface area contributed by atoms with Crippen molar-refractivity contribution in [3.8, 4) is 5.69 Å². The average Bonchev–Trinajstić information content (AvgIpc) is 3.41. The Morgan fingerprint density at radius 3 is 2.61 bits per heavy atom. The lowest BCUT2D eigenvalue weighted by Gasteiger charge is -2.33. The van der Waals surface area contributed by atoms with Crippen LogP contribution in [-0.2, 0) is 4.74 Å². The Balaban J connectivity index is 1.43. The highest BCUT2D eigenvalue weighted by atomic mass is 16.5. The normalized spacial score (nSPS) is 16.0. The first kappa shape index (κ1) is 18.4. The van der Waals surface area contributed by atoms with E-state index < -0.39 is 0 Å². The van der Waals surface area contributed by atoms with Crippen molar-refractivity contribution in [1.29, 1.82) is 0 Å². The maximum absolute atomic E-state index is 12.6. The number of rotatable bonds is 6. The van der Waals surface area contributed by atoms with Crippen molar-refractivity contribution in [3.05, 3.63) is 66.1 Å². The minimum Gasteiger partial charge on any atom is -0.465 e. The largest absolute Gasteiger partial charge is 0.465 e. The molecular weight excluding hydrogens is 358 g/mol. The number of aromatic nitrogens is 3. The smallest absolute Gasteiger partial charge is 0.251 e. The van der Waals surface area contributed by atoms with Crippen LogP contribution in [0.3, 0.4) is 0 Å². The van der Waals surface area contributed by atoms with Gasteiger partial charge in [0, 0.05) is 25.2 Å². The van der Waals surface area contributed by atoms with Crippen LogP contribution in [0.5, 0.6) is 0 Å². The van der Waals surface area contributed by atoms with E-state index in [2.05, 4.69) is 20.3 Å². The summed E-state index contributed by atoms with van der Waals surface area (Å²) < 4.78 is 12.9.